The second-order valence-electron chi connectivity index (χ2n) is 5.91. The fourth-order valence-corrected chi connectivity index (χ4v) is 3.08. The van der Waals surface area contributed by atoms with E-state index >= 15 is 0 Å². The largest absolute Gasteiger partial charge is 0.493 e. The summed E-state index contributed by atoms with van der Waals surface area (Å²) < 4.78 is 21.7. The molecule has 0 saturated heterocycles. The van der Waals surface area contributed by atoms with Crippen molar-refractivity contribution in [1.29, 1.82) is 5.26 Å². The van der Waals surface area contributed by atoms with Crippen molar-refractivity contribution in [2.24, 2.45) is 5.73 Å². The van der Waals surface area contributed by atoms with Gasteiger partial charge in [0.05, 0.1) is 31.8 Å². The minimum absolute atomic E-state index is 0.0266. The lowest BCUT2D eigenvalue weighted by Gasteiger charge is -2.28. The van der Waals surface area contributed by atoms with E-state index in [1.165, 1.54) is 0 Å². The molecule has 1 aliphatic rings. The number of hydrogen-bond acceptors (Lipinski definition) is 7. The molecule has 1 heterocycles. The van der Waals surface area contributed by atoms with Gasteiger partial charge < -0.3 is 24.7 Å². The van der Waals surface area contributed by atoms with E-state index in [9.17, 15) is 10.1 Å². The van der Waals surface area contributed by atoms with Crippen LogP contribution in [0.3, 0.4) is 0 Å². The number of aryl methyl sites for hydroxylation is 1. The number of ether oxygens (including phenoxy) is 4. The first-order valence-electron chi connectivity index (χ1n) is 8.66. The number of methoxy groups -OCH3 is 1. The van der Waals surface area contributed by atoms with E-state index in [2.05, 4.69) is 6.07 Å². The lowest BCUT2D eigenvalue weighted by Crippen LogP contribution is -2.26. The molecule has 2 N–H and O–H groups in total. The highest BCUT2D eigenvalue weighted by molar-refractivity contribution is 5.92. The number of nitrogens with two attached hydrogens (primary N) is 1. The molecular weight excluding hydrogens is 348 g/mol. The monoisotopic (exact) mass is 372 g/mol. The quantitative estimate of drug-likeness (QED) is 0.765. The summed E-state index contributed by atoms with van der Waals surface area (Å²) in [5.41, 5.74) is 7.86. The lowest BCUT2D eigenvalue weighted by atomic mass is 9.81. The normalized spacial score (nSPS) is 16.5. The molecule has 27 heavy (non-hydrogen) atoms. The molecule has 1 unspecified atom stereocenters. The van der Waals surface area contributed by atoms with E-state index in [4.69, 9.17) is 24.7 Å². The predicted molar refractivity (Wildman–Crippen MR) is 98.9 cm³/mol. The summed E-state index contributed by atoms with van der Waals surface area (Å²) in [7, 11) is 1.55. The fraction of sp³-hybridized carbons (Fsp3) is 0.400. The van der Waals surface area contributed by atoms with Crippen LogP contribution in [0.2, 0.25) is 0 Å². The molecule has 144 valence electrons. The third kappa shape index (κ3) is 3.85. The Hall–Kier alpha value is -3.14. The average Bonchev–Trinajstić information content (AvgIpc) is 2.62. The van der Waals surface area contributed by atoms with E-state index in [0.29, 0.717) is 29.4 Å². The molecule has 0 radical (unpaired) electrons. The van der Waals surface area contributed by atoms with Gasteiger partial charge in [0.1, 0.15) is 17.4 Å². The van der Waals surface area contributed by atoms with Gasteiger partial charge in [0.2, 0.25) is 5.88 Å². The first-order chi connectivity index (χ1) is 12.9. The predicted octanol–water partition coefficient (Wildman–Crippen LogP) is 3.05. The maximum Gasteiger partial charge on any atom is 0.338 e. The molecule has 2 rings (SSSR count). The van der Waals surface area contributed by atoms with Gasteiger partial charge in [-0.05, 0) is 51.0 Å². The maximum atomic E-state index is 12.6. The second-order valence-corrected chi connectivity index (χ2v) is 5.91. The van der Waals surface area contributed by atoms with Gasteiger partial charge in [-0.3, -0.25) is 0 Å². The number of nitrogens with zero attached hydrogens (tertiary/aromatic N) is 1. The average molecular weight is 372 g/mol. The third-order valence-corrected chi connectivity index (χ3v) is 4.26. The lowest BCUT2D eigenvalue weighted by molar-refractivity contribution is -0.139. The van der Waals surface area contributed by atoms with E-state index in [1.807, 2.05) is 13.8 Å². The highest BCUT2D eigenvalue weighted by Crippen LogP contribution is 2.43. The summed E-state index contributed by atoms with van der Waals surface area (Å²) in [6, 6.07) is 5.65. The van der Waals surface area contributed by atoms with Gasteiger partial charge >= 0.3 is 5.97 Å². The molecule has 1 aromatic rings. The Morgan fingerprint density at radius 3 is 2.52 bits per heavy atom. The molecule has 7 nitrogen and oxygen atoms in total. The van der Waals surface area contributed by atoms with Crippen molar-refractivity contribution in [2.45, 2.75) is 33.6 Å². The third-order valence-electron chi connectivity index (χ3n) is 4.26. The van der Waals surface area contributed by atoms with E-state index in [-0.39, 0.29) is 23.6 Å². The van der Waals surface area contributed by atoms with Gasteiger partial charge in [0, 0.05) is 0 Å². The summed E-state index contributed by atoms with van der Waals surface area (Å²) in [4.78, 5) is 12.6. The zero-order valence-corrected chi connectivity index (χ0v) is 16.2. The zero-order valence-electron chi connectivity index (χ0n) is 16.2. The van der Waals surface area contributed by atoms with Crippen molar-refractivity contribution in [1.82, 2.24) is 0 Å². The highest BCUT2D eigenvalue weighted by atomic mass is 16.5. The Labute approximate surface area is 159 Å². The number of carbonyl (C=O) groups excluding carboxylic acids is 1. The zero-order chi connectivity index (χ0) is 20.1. The van der Waals surface area contributed by atoms with Crippen LogP contribution in [0.4, 0.5) is 0 Å². The molecule has 1 aliphatic heterocycles. The summed E-state index contributed by atoms with van der Waals surface area (Å²) in [6.45, 7) is 7.72. The minimum Gasteiger partial charge on any atom is -0.493 e. The number of carbonyl (C=O) groups is 1. The number of allylic oxidation sites excluding steroid dienone is 2. The molecule has 0 aliphatic carbocycles. The van der Waals surface area contributed by atoms with Crippen LogP contribution in [0, 0.1) is 18.3 Å². The molecule has 0 fully saturated rings. The highest BCUT2D eigenvalue weighted by Gasteiger charge is 2.37. The smallest absolute Gasteiger partial charge is 0.338 e. The van der Waals surface area contributed by atoms with Crippen LogP contribution in [-0.2, 0) is 14.3 Å². The number of esters is 1. The van der Waals surface area contributed by atoms with Crippen molar-refractivity contribution < 1.29 is 23.7 Å². The van der Waals surface area contributed by atoms with Crippen LogP contribution in [0.1, 0.15) is 37.8 Å². The standard InChI is InChI=1S/C20H24N2O5/c1-6-25-16-9-13(11(3)8-15(16)24-5)18-14(10-21)19(22)27-12(4)17(18)20(23)26-7-2/h8-9,18H,6-7,22H2,1-5H3. The molecular formula is C20H24N2O5. The summed E-state index contributed by atoms with van der Waals surface area (Å²) >= 11 is 0. The van der Waals surface area contributed by atoms with Crippen LogP contribution in [-0.4, -0.2) is 26.3 Å². The first kappa shape index (κ1) is 20.2. The number of hydrogen-bond donors (Lipinski definition) is 1. The van der Waals surface area contributed by atoms with Crippen LogP contribution >= 0.6 is 0 Å². The van der Waals surface area contributed by atoms with Crippen LogP contribution in [0.5, 0.6) is 11.5 Å². The minimum atomic E-state index is -0.715. The number of benzene rings is 1. The Balaban J connectivity index is 2.73. The topological polar surface area (TPSA) is 104 Å². The van der Waals surface area contributed by atoms with Crippen LogP contribution in [0.25, 0.3) is 0 Å². The van der Waals surface area contributed by atoms with E-state index < -0.39 is 11.9 Å². The maximum absolute atomic E-state index is 12.6. The fourth-order valence-electron chi connectivity index (χ4n) is 3.08. The first-order valence-corrected chi connectivity index (χ1v) is 8.66. The molecule has 0 spiro atoms. The Morgan fingerprint density at radius 1 is 1.26 bits per heavy atom. The van der Waals surface area contributed by atoms with Crippen molar-refractivity contribution in [3.63, 3.8) is 0 Å². The molecule has 0 aromatic heterocycles. The van der Waals surface area contributed by atoms with Gasteiger partial charge in [-0.1, -0.05) is 0 Å². The van der Waals surface area contributed by atoms with Crippen molar-refractivity contribution in [3.05, 3.63) is 46.0 Å². The van der Waals surface area contributed by atoms with Gasteiger partial charge in [-0.15, -0.1) is 0 Å². The molecule has 1 atom stereocenters. The Kier molecular flexibility index (Phi) is 6.35. The molecule has 7 heteroatoms. The van der Waals surface area contributed by atoms with Gasteiger partial charge in [-0.25, -0.2) is 4.79 Å². The Bertz CT molecular complexity index is 849. The van der Waals surface area contributed by atoms with Gasteiger partial charge in [0.25, 0.3) is 0 Å². The Morgan fingerprint density at radius 2 is 1.96 bits per heavy atom. The van der Waals surface area contributed by atoms with Gasteiger partial charge in [0.15, 0.2) is 11.5 Å². The SMILES string of the molecule is CCOC(=O)C1=C(C)OC(N)=C(C#N)C1c1cc(OCC)c(OC)cc1C. The van der Waals surface area contributed by atoms with E-state index in [1.54, 1.807) is 33.1 Å². The van der Waals surface area contributed by atoms with Crippen molar-refractivity contribution in [2.75, 3.05) is 20.3 Å². The van der Waals surface area contributed by atoms with Crippen LogP contribution in [0.15, 0.2) is 34.9 Å². The molecule has 0 bridgehead atoms. The van der Waals surface area contributed by atoms with E-state index in [0.717, 1.165) is 5.56 Å². The van der Waals surface area contributed by atoms with Crippen molar-refractivity contribution in [3.8, 4) is 17.6 Å². The van der Waals surface area contributed by atoms with Crippen molar-refractivity contribution >= 4 is 5.97 Å². The summed E-state index contributed by atoms with van der Waals surface area (Å²) in [5.74, 6) is 0.105. The summed E-state index contributed by atoms with van der Waals surface area (Å²) in [5, 5.41) is 9.67. The van der Waals surface area contributed by atoms with Crippen LogP contribution < -0.4 is 15.2 Å². The molecule has 1 aromatic carbocycles. The second kappa shape index (κ2) is 8.49. The molecule has 0 amide bonds. The van der Waals surface area contributed by atoms with Gasteiger partial charge in [-0.2, -0.15) is 5.26 Å². The summed E-state index contributed by atoms with van der Waals surface area (Å²) in [6.07, 6.45) is 0. The number of rotatable bonds is 6. The molecule has 0 saturated carbocycles. The number of nitriles is 1.